The van der Waals surface area contributed by atoms with Gasteiger partial charge < -0.3 is 14.6 Å². The molecule has 0 radical (unpaired) electrons. The first kappa shape index (κ1) is 10.5. The first-order valence-corrected chi connectivity index (χ1v) is 4.87. The van der Waals surface area contributed by atoms with Crippen molar-refractivity contribution in [3.63, 3.8) is 0 Å². The molecule has 1 heterocycles. The highest BCUT2D eigenvalue weighted by Gasteiger charge is 2.33. The van der Waals surface area contributed by atoms with E-state index >= 15 is 0 Å². The fraction of sp³-hybridized carbons (Fsp3) is 0.250. The van der Waals surface area contributed by atoms with Crippen LogP contribution in [0.3, 0.4) is 0 Å². The minimum Gasteiger partial charge on any atom is -0.508 e. The molecule has 4 heteroatoms. The lowest BCUT2D eigenvalue weighted by Gasteiger charge is -2.15. The lowest BCUT2D eigenvalue weighted by Crippen LogP contribution is -2.27. The summed E-state index contributed by atoms with van der Waals surface area (Å²) in [7, 11) is 0. The number of carbonyl (C=O) groups is 1. The molecule has 1 aromatic carbocycles. The first-order chi connectivity index (χ1) is 7.41. The standard InChI is InChI=1S/C12H12O4/c1-12(2,11(14)15)10-5-7-3-4-8(13)6-9(7)16-10/h3-6,13H,1-2H3,(H,14,15). The van der Waals surface area contributed by atoms with Gasteiger partial charge in [-0.1, -0.05) is 0 Å². The Bertz CT molecular complexity index is 551. The maximum atomic E-state index is 11.1. The molecule has 4 nitrogen and oxygen atoms in total. The predicted molar refractivity (Wildman–Crippen MR) is 58.5 cm³/mol. The van der Waals surface area contributed by atoms with Crippen LogP contribution in [0, 0.1) is 0 Å². The maximum absolute atomic E-state index is 11.1. The molecule has 0 unspecified atom stereocenters. The molecular formula is C12H12O4. The zero-order valence-corrected chi connectivity index (χ0v) is 9.02. The lowest BCUT2D eigenvalue weighted by molar-refractivity contribution is -0.143. The SMILES string of the molecule is CC(C)(C(=O)O)c1cc2ccc(O)cc2o1. The number of fused-ring (bicyclic) bond motifs is 1. The number of rotatable bonds is 2. The summed E-state index contributed by atoms with van der Waals surface area (Å²) in [6, 6.07) is 6.38. The summed E-state index contributed by atoms with van der Waals surface area (Å²) in [4.78, 5) is 11.1. The number of phenolic OH excluding ortho intramolecular Hbond substituents is 1. The van der Waals surface area contributed by atoms with Gasteiger partial charge in [-0.15, -0.1) is 0 Å². The number of furan rings is 1. The van der Waals surface area contributed by atoms with E-state index in [9.17, 15) is 9.90 Å². The molecule has 0 aliphatic heterocycles. The highest BCUT2D eigenvalue weighted by atomic mass is 16.4. The van der Waals surface area contributed by atoms with Gasteiger partial charge in [-0.25, -0.2) is 0 Å². The number of carboxylic acid groups (broad SMARTS) is 1. The van der Waals surface area contributed by atoms with E-state index in [1.807, 2.05) is 0 Å². The summed E-state index contributed by atoms with van der Waals surface area (Å²) < 4.78 is 5.43. The Morgan fingerprint density at radius 1 is 1.31 bits per heavy atom. The van der Waals surface area contributed by atoms with Crippen molar-refractivity contribution in [3.05, 3.63) is 30.0 Å². The summed E-state index contributed by atoms with van der Waals surface area (Å²) in [6.07, 6.45) is 0. The first-order valence-electron chi connectivity index (χ1n) is 4.87. The summed E-state index contributed by atoms with van der Waals surface area (Å²) in [6.45, 7) is 3.15. The molecule has 2 rings (SSSR count). The number of benzene rings is 1. The van der Waals surface area contributed by atoms with Gasteiger partial charge in [-0.05, 0) is 32.0 Å². The molecule has 0 fully saturated rings. The van der Waals surface area contributed by atoms with Crippen LogP contribution in [0.25, 0.3) is 11.0 Å². The average Bonchev–Trinajstić information content (AvgIpc) is 2.60. The van der Waals surface area contributed by atoms with Crippen molar-refractivity contribution < 1.29 is 19.4 Å². The molecule has 0 spiro atoms. The van der Waals surface area contributed by atoms with Crippen LogP contribution in [0.2, 0.25) is 0 Å². The summed E-state index contributed by atoms with van der Waals surface area (Å²) in [5.41, 5.74) is -0.585. The Balaban J connectivity index is 2.59. The van der Waals surface area contributed by atoms with Crippen molar-refractivity contribution in [2.24, 2.45) is 0 Å². The Morgan fingerprint density at radius 3 is 2.62 bits per heavy atom. The van der Waals surface area contributed by atoms with Gasteiger partial charge in [0, 0.05) is 11.5 Å². The minimum absolute atomic E-state index is 0.0986. The van der Waals surface area contributed by atoms with E-state index in [0.29, 0.717) is 11.3 Å². The number of hydrogen-bond donors (Lipinski definition) is 2. The molecule has 2 aromatic rings. The topological polar surface area (TPSA) is 70.7 Å². The molecule has 0 aliphatic carbocycles. The fourth-order valence-corrected chi connectivity index (χ4v) is 1.43. The zero-order chi connectivity index (χ0) is 11.9. The second-order valence-electron chi connectivity index (χ2n) is 4.26. The number of phenols is 1. The summed E-state index contributed by atoms with van der Waals surface area (Å²) in [5.74, 6) is -0.474. The highest BCUT2D eigenvalue weighted by Crippen LogP contribution is 2.31. The third-order valence-corrected chi connectivity index (χ3v) is 2.65. The molecule has 0 amide bonds. The molecule has 1 aromatic heterocycles. The molecule has 0 atom stereocenters. The van der Waals surface area contributed by atoms with E-state index in [1.165, 1.54) is 12.1 Å². The van der Waals surface area contributed by atoms with Crippen LogP contribution in [-0.2, 0) is 10.2 Å². The molecule has 0 saturated heterocycles. The second-order valence-corrected chi connectivity index (χ2v) is 4.26. The number of carboxylic acids is 1. The molecule has 0 aliphatic rings. The molecule has 0 bridgehead atoms. The van der Waals surface area contributed by atoms with E-state index in [2.05, 4.69) is 0 Å². The van der Waals surface area contributed by atoms with Gasteiger partial charge in [0.1, 0.15) is 22.5 Å². The van der Waals surface area contributed by atoms with Crippen LogP contribution >= 0.6 is 0 Å². The predicted octanol–water partition coefficient (Wildman–Crippen LogP) is 2.50. The van der Waals surface area contributed by atoms with Gasteiger partial charge in [-0.3, -0.25) is 4.79 Å². The van der Waals surface area contributed by atoms with Crippen LogP contribution < -0.4 is 0 Å². The molecule has 0 saturated carbocycles. The van der Waals surface area contributed by atoms with E-state index in [1.54, 1.807) is 26.0 Å². The van der Waals surface area contributed by atoms with Gasteiger partial charge in [0.2, 0.25) is 0 Å². The van der Waals surface area contributed by atoms with Crippen LogP contribution in [0.15, 0.2) is 28.7 Å². The fourth-order valence-electron chi connectivity index (χ4n) is 1.43. The highest BCUT2D eigenvalue weighted by molar-refractivity contribution is 5.84. The zero-order valence-electron chi connectivity index (χ0n) is 9.02. The smallest absolute Gasteiger partial charge is 0.316 e. The van der Waals surface area contributed by atoms with Crippen LogP contribution in [-0.4, -0.2) is 16.2 Å². The Labute approximate surface area is 92.1 Å². The van der Waals surface area contributed by atoms with Crippen LogP contribution in [0.1, 0.15) is 19.6 Å². The number of aromatic hydroxyl groups is 1. The van der Waals surface area contributed by atoms with Crippen molar-refractivity contribution in [3.8, 4) is 5.75 Å². The molecule has 2 N–H and O–H groups in total. The quantitative estimate of drug-likeness (QED) is 0.815. The van der Waals surface area contributed by atoms with Crippen molar-refractivity contribution in [2.75, 3.05) is 0 Å². The van der Waals surface area contributed by atoms with Gasteiger partial charge >= 0.3 is 5.97 Å². The van der Waals surface area contributed by atoms with E-state index in [0.717, 1.165) is 5.39 Å². The Kier molecular flexibility index (Phi) is 2.15. The van der Waals surface area contributed by atoms with Gasteiger partial charge in [0.25, 0.3) is 0 Å². The molecule has 16 heavy (non-hydrogen) atoms. The molecular weight excluding hydrogens is 208 g/mol. The average molecular weight is 220 g/mol. The van der Waals surface area contributed by atoms with Gasteiger partial charge in [0.15, 0.2) is 0 Å². The third-order valence-electron chi connectivity index (χ3n) is 2.65. The van der Waals surface area contributed by atoms with Crippen molar-refractivity contribution in [2.45, 2.75) is 19.3 Å². The summed E-state index contributed by atoms with van der Waals surface area (Å²) in [5, 5.41) is 19.1. The largest absolute Gasteiger partial charge is 0.508 e. The van der Waals surface area contributed by atoms with Gasteiger partial charge in [0.05, 0.1) is 0 Å². The van der Waals surface area contributed by atoms with Crippen molar-refractivity contribution in [1.29, 1.82) is 0 Å². The number of hydrogen-bond acceptors (Lipinski definition) is 3. The third kappa shape index (κ3) is 1.52. The molecule has 84 valence electrons. The van der Waals surface area contributed by atoms with Crippen molar-refractivity contribution in [1.82, 2.24) is 0 Å². The normalized spacial score (nSPS) is 11.9. The second kappa shape index (κ2) is 3.27. The monoisotopic (exact) mass is 220 g/mol. The van der Waals surface area contributed by atoms with E-state index in [-0.39, 0.29) is 5.75 Å². The lowest BCUT2D eigenvalue weighted by atomic mass is 9.90. The minimum atomic E-state index is -1.07. The summed E-state index contributed by atoms with van der Waals surface area (Å²) >= 11 is 0. The Morgan fingerprint density at radius 2 is 2.00 bits per heavy atom. The van der Waals surface area contributed by atoms with Gasteiger partial charge in [-0.2, -0.15) is 0 Å². The van der Waals surface area contributed by atoms with Crippen LogP contribution in [0.5, 0.6) is 5.75 Å². The van der Waals surface area contributed by atoms with E-state index in [4.69, 9.17) is 9.52 Å². The number of aliphatic carboxylic acids is 1. The van der Waals surface area contributed by atoms with E-state index < -0.39 is 11.4 Å². The maximum Gasteiger partial charge on any atom is 0.316 e. The van der Waals surface area contributed by atoms with Crippen molar-refractivity contribution >= 4 is 16.9 Å². The van der Waals surface area contributed by atoms with Crippen LogP contribution in [0.4, 0.5) is 0 Å². The Hall–Kier alpha value is -1.97.